The normalized spacial score (nSPS) is 10.8. The molecule has 0 aromatic heterocycles. The molecule has 0 saturated heterocycles. The molecule has 0 aliphatic carbocycles. The quantitative estimate of drug-likeness (QED) is 0.624. The zero-order valence-corrected chi connectivity index (χ0v) is 9.39. The monoisotopic (exact) mass is 261 g/mol. The number of rotatable bonds is 1. The largest absolute Gasteiger partial charge is 0.465 e. The minimum Gasteiger partial charge on any atom is -0.465 e. The maximum atomic E-state index is 12.6. The molecule has 1 aromatic rings. The number of carbonyl (C=O) groups is 1. The first-order valence-corrected chi connectivity index (χ1v) is 4.68. The molecule has 0 aliphatic rings. The van der Waals surface area contributed by atoms with Crippen LogP contribution < -0.4 is 0 Å². The second-order valence-corrected chi connectivity index (χ2v) is 3.47. The third-order valence-corrected chi connectivity index (χ3v) is 2.44. The van der Waals surface area contributed by atoms with Crippen LogP contribution in [0.5, 0.6) is 0 Å². The summed E-state index contributed by atoms with van der Waals surface area (Å²) in [4.78, 5) is 10.6. The summed E-state index contributed by atoms with van der Waals surface area (Å²) >= 11 is 3.64. The Hall–Kier alpha value is -1.68. The Morgan fingerprint density at radius 2 is 2.06 bits per heavy atom. The number of carbonyl (C=O) groups excluding carboxylic acids is 1. The molecule has 1 rings (SSSR count). The number of ether oxygens (including phenoxy) is 1. The molecular formula is C10H6F3NO2S. The Balaban J connectivity index is 3.51. The lowest BCUT2D eigenvalue weighted by Gasteiger charge is -2.12. The molecule has 3 nitrogen and oxygen atoms in total. The summed E-state index contributed by atoms with van der Waals surface area (Å²) in [5.41, 5.74) is -1.81. The van der Waals surface area contributed by atoms with Crippen LogP contribution >= 0.6 is 12.6 Å². The van der Waals surface area contributed by atoms with Crippen molar-refractivity contribution in [2.75, 3.05) is 7.11 Å². The fraction of sp³-hybridized carbons (Fsp3) is 0.200. The molecule has 0 fully saturated rings. The van der Waals surface area contributed by atoms with Gasteiger partial charge in [0.25, 0.3) is 0 Å². The van der Waals surface area contributed by atoms with Crippen molar-refractivity contribution in [1.82, 2.24) is 0 Å². The van der Waals surface area contributed by atoms with Crippen LogP contribution in [-0.2, 0) is 10.9 Å². The molecular weight excluding hydrogens is 255 g/mol. The number of hydrogen-bond acceptors (Lipinski definition) is 4. The zero-order valence-electron chi connectivity index (χ0n) is 8.50. The zero-order chi connectivity index (χ0) is 13.2. The molecule has 0 atom stereocenters. The number of esters is 1. The Morgan fingerprint density at radius 1 is 1.47 bits per heavy atom. The summed E-state index contributed by atoms with van der Waals surface area (Å²) in [6.45, 7) is 0. The van der Waals surface area contributed by atoms with Gasteiger partial charge in [-0.1, -0.05) is 0 Å². The van der Waals surface area contributed by atoms with Gasteiger partial charge in [-0.15, -0.1) is 12.6 Å². The number of nitrogens with zero attached hydrogens (tertiary/aromatic N) is 1. The number of benzene rings is 1. The Labute approximate surface area is 100 Å². The van der Waals surface area contributed by atoms with E-state index in [0.717, 1.165) is 13.2 Å². The van der Waals surface area contributed by atoms with Crippen LogP contribution in [0.4, 0.5) is 13.2 Å². The maximum absolute atomic E-state index is 12.6. The van der Waals surface area contributed by atoms with Crippen LogP contribution in [0.3, 0.4) is 0 Å². The van der Waals surface area contributed by atoms with E-state index in [0.29, 0.717) is 6.07 Å². The van der Waals surface area contributed by atoms with Crippen molar-refractivity contribution in [2.24, 2.45) is 0 Å². The Morgan fingerprint density at radius 3 is 2.47 bits per heavy atom. The van der Waals surface area contributed by atoms with Crippen LogP contribution in [0, 0.1) is 11.3 Å². The number of alkyl halides is 3. The first-order chi connectivity index (χ1) is 7.81. The minimum absolute atomic E-state index is 0.330. The van der Waals surface area contributed by atoms with Gasteiger partial charge in [-0.05, 0) is 12.1 Å². The average molecular weight is 261 g/mol. The number of hydrogen-bond donors (Lipinski definition) is 1. The van der Waals surface area contributed by atoms with E-state index in [9.17, 15) is 18.0 Å². The summed E-state index contributed by atoms with van der Waals surface area (Å²) in [7, 11) is 1.04. The second-order valence-electron chi connectivity index (χ2n) is 3.02. The lowest BCUT2D eigenvalue weighted by Crippen LogP contribution is -2.11. The summed E-state index contributed by atoms with van der Waals surface area (Å²) in [5, 5.41) is 8.67. The van der Waals surface area contributed by atoms with Crippen molar-refractivity contribution in [3.8, 4) is 6.07 Å². The smallest absolute Gasteiger partial charge is 0.417 e. The minimum atomic E-state index is -4.69. The van der Waals surface area contributed by atoms with Crippen molar-refractivity contribution < 1.29 is 22.7 Å². The van der Waals surface area contributed by atoms with Gasteiger partial charge in [-0.2, -0.15) is 18.4 Å². The van der Waals surface area contributed by atoms with Gasteiger partial charge in [0.1, 0.15) is 6.07 Å². The number of halogens is 3. The number of methoxy groups -OCH3 is 1. The van der Waals surface area contributed by atoms with E-state index >= 15 is 0 Å². The third kappa shape index (κ3) is 2.71. The van der Waals surface area contributed by atoms with E-state index in [4.69, 9.17) is 5.26 Å². The van der Waals surface area contributed by atoms with Crippen molar-refractivity contribution in [3.05, 3.63) is 28.8 Å². The fourth-order valence-electron chi connectivity index (χ4n) is 1.17. The Bertz CT molecular complexity index is 505. The molecule has 0 heterocycles. The van der Waals surface area contributed by atoms with Gasteiger partial charge in [-0.25, -0.2) is 4.79 Å². The molecule has 1 aromatic carbocycles. The van der Waals surface area contributed by atoms with Crippen molar-refractivity contribution in [2.45, 2.75) is 11.1 Å². The molecule has 0 N–H and O–H groups in total. The maximum Gasteiger partial charge on any atom is 0.417 e. The van der Waals surface area contributed by atoms with Gasteiger partial charge in [0.05, 0.1) is 23.8 Å². The van der Waals surface area contributed by atoms with E-state index in [1.165, 1.54) is 0 Å². The molecule has 7 heteroatoms. The summed E-state index contributed by atoms with van der Waals surface area (Å²) in [5.74, 6) is -0.944. The van der Waals surface area contributed by atoms with E-state index in [-0.39, 0.29) is 11.1 Å². The number of thiol groups is 1. The highest BCUT2D eigenvalue weighted by Gasteiger charge is 2.34. The summed E-state index contributed by atoms with van der Waals surface area (Å²) < 4.78 is 42.1. The van der Waals surface area contributed by atoms with Gasteiger partial charge in [-0.3, -0.25) is 0 Å². The van der Waals surface area contributed by atoms with E-state index in [1.54, 1.807) is 6.07 Å². The van der Waals surface area contributed by atoms with Crippen LogP contribution in [-0.4, -0.2) is 13.1 Å². The molecule has 0 aliphatic heterocycles. The van der Waals surface area contributed by atoms with Crippen molar-refractivity contribution in [3.63, 3.8) is 0 Å². The highest BCUT2D eigenvalue weighted by molar-refractivity contribution is 7.80. The molecule has 0 spiro atoms. The van der Waals surface area contributed by atoms with E-state index < -0.39 is 22.6 Å². The first kappa shape index (κ1) is 13.4. The molecule has 0 saturated carbocycles. The molecule has 0 radical (unpaired) electrons. The predicted octanol–water partition coefficient (Wildman–Crippen LogP) is 2.65. The van der Waals surface area contributed by atoms with Gasteiger partial charge >= 0.3 is 12.1 Å². The van der Waals surface area contributed by atoms with E-state index in [1.807, 2.05) is 0 Å². The van der Waals surface area contributed by atoms with Gasteiger partial charge in [0.2, 0.25) is 0 Å². The van der Waals surface area contributed by atoms with Crippen LogP contribution in [0.15, 0.2) is 17.0 Å². The number of nitriles is 1. The predicted molar refractivity (Wildman–Crippen MR) is 54.8 cm³/mol. The first-order valence-electron chi connectivity index (χ1n) is 4.24. The molecule has 0 bridgehead atoms. The van der Waals surface area contributed by atoms with Crippen molar-refractivity contribution >= 4 is 18.6 Å². The lowest BCUT2D eigenvalue weighted by atomic mass is 10.1. The summed E-state index contributed by atoms with van der Waals surface area (Å²) in [6.07, 6.45) is -4.69. The Kier molecular flexibility index (Phi) is 3.68. The third-order valence-electron chi connectivity index (χ3n) is 1.96. The highest BCUT2D eigenvalue weighted by Crippen LogP contribution is 2.36. The molecule has 0 amide bonds. The SMILES string of the molecule is COC(=O)c1cc(C#N)c(S)c(C(F)(F)F)c1. The highest BCUT2D eigenvalue weighted by atomic mass is 32.1. The fourth-order valence-corrected chi connectivity index (χ4v) is 1.48. The second kappa shape index (κ2) is 4.67. The van der Waals surface area contributed by atoms with Crippen LogP contribution in [0.1, 0.15) is 21.5 Å². The lowest BCUT2D eigenvalue weighted by molar-refractivity contribution is -0.139. The average Bonchev–Trinajstić information content (AvgIpc) is 2.26. The van der Waals surface area contributed by atoms with Crippen LogP contribution in [0.25, 0.3) is 0 Å². The molecule has 90 valence electrons. The van der Waals surface area contributed by atoms with Gasteiger partial charge in [0, 0.05) is 4.90 Å². The van der Waals surface area contributed by atoms with Crippen molar-refractivity contribution in [1.29, 1.82) is 5.26 Å². The summed E-state index contributed by atoms with van der Waals surface area (Å²) in [6, 6.07) is 3.15. The topological polar surface area (TPSA) is 50.1 Å². The molecule has 0 unspecified atom stereocenters. The van der Waals surface area contributed by atoms with Gasteiger partial charge in [0.15, 0.2) is 0 Å². The van der Waals surface area contributed by atoms with E-state index in [2.05, 4.69) is 17.4 Å². The van der Waals surface area contributed by atoms with Gasteiger partial charge < -0.3 is 4.74 Å². The molecule has 17 heavy (non-hydrogen) atoms. The standard InChI is InChI=1S/C10H6F3NO2S/c1-16-9(15)5-2-6(4-14)8(17)7(3-5)10(11,12)13/h2-3,17H,1H3. The van der Waals surface area contributed by atoms with Crippen LogP contribution in [0.2, 0.25) is 0 Å².